The molecule has 8 nitrogen and oxygen atoms in total. The van der Waals surface area contributed by atoms with E-state index in [1.54, 1.807) is 0 Å². The molecule has 0 unspecified atom stereocenters. The number of anilines is 3. The Bertz CT molecular complexity index is 1360. The van der Waals surface area contributed by atoms with E-state index in [0.717, 1.165) is 66.7 Å². The van der Waals surface area contributed by atoms with Crippen molar-refractivity contribution in [1.29, 1.82) is 0 Å². The third-order valence-electron chi connectivity index (χ3n) is 6.92. The number of rotatable bonds is 6. The maximum absolute atomic E-state index is 6.07. The zero-order valence-electron chi connectivity index (χ0n) is 20.5. The lowest BCUT2D eigenvalue weighted by Crippen LogP contribution is -2.37. The summed E-state index contributed by atoms with van der Waals surface area (Å²) in [6.07, 6.45) is 2.56. The maximum atomic E-state index is 6.07. The number of nitrogens with one attached hydrogen (secondary N) is 1. The van der Waals surface area contributed by atoms with E-state index < -0.39 is 0 Å². The van der Waals surface area contributed by atoms with Crippen LogP contribution in [0.15, 0.2) is 48.5 Å². The molecule has 2 aliphatic rings. The monoisotopic (exact) mass is 503 g/mol. The SMILES string of the molecule is Cn1nc(CN2CCCC2)c2ccc(-c3cc(Nc4ccc(Cl)cc4)nc(N4CCOCC4)n3)cc21. The minimum atomic E-state index is 0.675. The highest BCUT2D eigenvalue weighted by Gasteiger charge is 2.19. The van der Waals surface area contributed by atoms with Crippen LogP contribution in [-0.4, -0.2) is 64.0 Å². The van der Waals surface area contributed by atoms with Crippen molar-refractivity contribution >= 4 is 40.0 Å². The van der Waals surface area contributed by atoms with Gasteiger partial charge in [0.2, 0.25) is 5.95 Å². The van der Waals surface area contributed by atoms with E-state index >= 15 is 0 Å². The zero-order valence-corrected chi connectivity index (χ0v) is 21.2. The Balaban J connectivity index is 1.36. The number of morpholine rings is 1. The third-order valence-corrected chi connectivity index (χ3v) is 7.17. The summed E-state index contributed by atoms with van der Waals surface area (Å²) >= 11 is 6.07. The summed E-state index contributed by atoms with van der Waals surface area (Å²) < 4.78 is 7.53. The number of aryl methyl sites for hydroxylation is 1. The summed E-state index contributed by atoms with van der Waals surface area (Å²) in [5.74, 6) is 1.44. The summed E-state index contributed by atoms with van der Waals surface area (Å²) in [7, 11) is 2.02. The van der Waals surface area contributed by atoms with Gasteiger partial charge in [-0.2, -0.15) is 10.1 Å². The standard InChI is InChI=1S/C27H30ClN7O/c1-33-25-16-19(4-9-22(25)24(32-33)18-34-10-2-3-11-34)23-17-26(29-21-7-5-20(28)6-8-21)31-27(30-23)35-12-14-36-15-13-35/h4-9,16-17H,2-3,10-15,18H2,1H3,(H,29,30,31). The van der Waals surface area contributed by atoms with Crippen LogP contribution in [0.3, 0.4) is 0 Å². The van der Waals surface area contributed by atoms with E-state index in [0.29, 0.717) is 24.2 Å². The second-order valence-electron chi connectivity index (χ2n) is 9.46. The summed E-state index contributed by atoms with van der Waals surface area (Å²) in [5, 5.41) is 10.2. The van der Waals surface area contributed by atoms with Gasteiger partial charge >= 0.3 is 0 Å². The Morgan fingerprint density at radius 1 is 0.944 bits per heavy atom. The molecule has 186 valence electrons. The van der Waals surface area contributed by atoms with E-state index in [-0.39, 0.29) is 0 Å². The average molecular weight is 504 g/mol. The zero-order chi connectivity index (χ0) is 24.5. The molecule has 2 aromatic carbocycles. The van der Waals surface area contributed by atoms with Gasteiger partial charge in [0.25, 0.3) is 0 Å². The van der Waals surface area contributed by atoms with Gasteiger partial charge in [0.1, 0.15) is 5.82 Å². The highest BCUT2D eigenvalue weighted by molar-refractivity contribution is 6.30. The largest absolute Gasteiger partial charge is 0.378 e. The Morgan fingerprint density at radius 2 is 1.72 bits per heavy atom. The Morgan fingerprint density at radius 3 is 2.50 bits per heavy atom. The van der Waals surface area contributed by atoms with Crippen molar-refractivity contribution in [3.8, 4) is 11.3 Å². The quantitative estimate of drug-likeness (QED) is 0.403. The molecule has 0 aliphatic carbocycles. The summed E-state index contributed by atoms with van der Waals surface area (Å²) in [6.45, 7) is 6.10. The summed E-state index contributed by atoms with van der Waals surface area (Å²) in [6, 6.07) is 16.1. The van der Waals surface area contributed by atoms with Crippen LogP contribution < -0.4 is 10.2 Å². The van der Waals surface area contributed by atoms with E-state index in [9.17, 15) is 0 Å². The maximum Gasteiger partial charge on any atom is 0.228 e. The molecule has 0 radical (unpaired) electrons. The fraction of sp³-hybridized carbons (Fsp3) is 0.370. The number of nitrogens with zero attached hydrogens (tertiary/aromatic N) is 6. The van der Waals surface area contributed by atoms with Gasteiger partial charge in [0.15, 0.2) is 0 Å². The Labute approximate surface area is 215 Å². The molecule has 0 amide bonds. The smallest absolute Gasteiger partial charge is 0.228 e. The molecular weight excluding hydrogens is 474 g/mol. The first-order chi connectivity index (χ1) is 17.6. The van der Waals surface area contributed by atoms with Gasteiger partial charge in [-0.1, -0.05) is 23.7 Å². The van der Waals surface area contributed by atoms with Gasteiger partial charge in [0, 0.05) is 54.4 Å². The van der Waals surface area contributed by atoms with Crippen LogP contribution in [0.4, 0.5) is 17.5 Å². The minimum absolute atomic E-state index is 0.675. The molecular formula is C27H30ClN7O. The van der Waals surface area contributed by atoms with E-state index in [2.05, 4.69) is 33.3 Å². The molecule has 0 saturated carbocycles. The highest BCUT2D eigenvalue weighted by atomic mass is 35.5. The molecule has 2 aliphatic heterocycles. The Hall–Kier alpha value is -3.20. The molecule has 0 atom stereocenters. The van der Waals surface area contributed by atoms with E-state index in [1.807, 2.05) is 42.1 Å². The number of fused-ring (bicyclic) bond motifs is 1. The van der Waals surface area contributed by atoms with Gasteiger partial charge in [-0.15, -0.1) is 0 Å². The lowest BCUT2D eigenvalue weighted by molar-refractivity contribution is 0.122. The minimum Gasteiger partial charge on any atom is -0.378 e. The molecule has 1 N–H and O–H groups in total. The van der Waals surface area contributed by atoms with Crippen molar-refractivity contribution in [3.63, 3.8) is 0 Å². The van der Waals surface area contributed by atoms with Crippen molar-refractivity contribution in [2.75, 3.05) is 49.6 Å². The van der Waals surface area contributed by atoms with E-state index in [1.165, 1.54) is 18.2 Å². The van der Waals surface area contributed by atoms with Gasteiger partial charge in [-0.25, -0.2) is 4.98 Å². The predicted molar refractivity (Wildman–Crippen MR) is 144 cm³/mol. The van der Waals surface area contributed by atoms with Gasteiger partial charge in [-0.3, -0.25) is 9.58 Å². The number of likely N-dealkylation sites (tertiary alicyclic amines) is 1. The number of halogens is 1. The first-order valence-electron chi connectivity index (χ1n) is 12.6. The summed E-state index contributed by atoms with van der Waals surface area (Å²) in [5.41, 5.74) is 5.08. The lowest BCUT2D eigenvalue weighted by atomic mass is 10.1. The van der Waals surface area contributed by atoms with Crippen molar-refractivity contribution in [1.82, 2.24) is 24.6 Å². The van der Waals surface area contributed by atoms with Gasteiger partial charge < -0.3 is 15.0 Å². The number of hydrogen-bond donors (Lipinski definition) is 1. The number of ether oxygens (including phenoxy) is 1. The molecule has 2 fully saturated rings. The van der Waals surface area contributed by atoms with Crippen LogP contribution in [-0.2, 0) is 18.3 Å². The third kappa shape index (κ3) is 4.89. The molecule has 6 rings (SSSR count). The molecule has 2 aromatic heterocycles. The number of hydrogen-bond acceptors (Lipinski definition) is 7. The molecule has 36 heavy (non-hydrogen) atoms. The van der Waals surface area contributed by atoms with Crippen LogP contribution in [0.1, 0.15) is 18.5 Å². The predicted octanol–water partition coefficient (Wildman–Crippen LogP) is 4.86. The molecule has 0 spiro atoms. The van der Waals surface area contributed by atoms with Crippen molar-refractivity contribution in [3.05, 3.63) is 59.2 Å². The van der Waals surface area contributed by atoms with Crippen molar-refractivity contribution in [2.24, 2.45) is 7.05 Å². The fourth-order valence-electron chi connectivity index (χ4n) is 4.99. The first-order valence-corrected chi connectivity index (χ1v) is 12.9. The molecule has 4 aromatic rings. The van der Waals surface area contributed by atoms with Crippen LogP contribution >= 0.6 is 11.6 Å². The van der Waals surface area contributed by atoms with Crippen molar-refractivity contribution in [2.45, 2.75) is 19.4 Å². The topological polar surface area (TPSA) is 71.3 Å². The summed E-state index contributed by atoms with van der Waals surface area (Å²) in [4.78, 5) is 14.5. The fourth-order valence-corrected chi connectivity index (χ4v) is 5.12. The average Bonchev–Trinajstić information content (AvgIpc) is 3.53. The molecule has 2 saturated heterocycles. The molecule has 9 heteroatoms. The van der Waals surface area contributed by atoms with Crippen LogP contribution in [0, 0.1) is 0 Å². The molecule has 0 bridgehead atoms. The normalized spacial score (nSPS) is 16.7. The number of aromatic nitrogens is 4. The second-order valence-corrected chi connectivity index (χ2v) is 9.89. The van der Waals surface area contributed by atoms with E-state index in [4.69, 9.17) is 31.4 Å². The van der Waals surface area contributed by atoms with Crippen LogP contribution in [0.5, 0.6) is 0 Å². The van der Waals surface area contributed by atoms with Gasteiger partial charge in [0.05, 0.1) is 30.1 Å². The highest BCUT2D eigenvalue weighted by Crippen LogP contribution is 2.30. The van der Waals surface area contributed by atoms with Crippen LogP contribution in [0.2, 0.25) is 5.02 Å². The first kappa shape index (κ1) is 23.2. The number of benzene rings is 2. The van der Waals surface area contributed by atoms with Gasteiger partial charge in [-0.05, 0) is 56.3 Å². The van der Waals surface area contributed by atoms with Crippen LogP contribution in [0.25, 0.3) is 22.2 Å². The Kier molecular flexibility index (Phi) is 6.48. The lowest BCUT2D eigenvalue weighted by Gasteiger charge is -2.27. The second kappa shape index (κ2) is 10.0. The molecule has 4 heterocycles. The van der Waals surface area contributed by atoms with Crippen molar-refractivity contribution < 1.29 is 4.74 Å².